The van der Waals surface area contributed by atoms with Crippen molar-refractivity contribution in [2.45, 2.75) is 29.6 Å². The van der Waals surface area contributed by atoms with Gasteiger partial charge in [0.1, 0.15) is 4.90 Å². The molecule has 0 aliphatic heterocycles. The van der Waals surface area contributed by atoms with Crippen molar-refractivity contribution in [2.24, 2.45) is 0 Å². The first-order valence-electron chi connectivity index (χ1n) is 7.46. The molecule has 0 atom stereocenters. The summed E-state index contributed by atoms with van der Waals surface area (Å²) in [6.07, 6.45) is 1.27. The monoisotopic (exact) mass is 405 g/mol. The molecule has 0 aliphatic rings. The van der Waals surface area contributed by atoms with Crippen LogP contribution in [0.2, 0.25) is 0 Å². The first kappa shape index (κ1) is 16.9. The number of fused-ring (bicyclic) bond motifs is 1. The number of aromatic nitrogens is 1. The molecule has 0 radical (unpaired) electrons. The molecule has 1 N–H and O–H groups in total. The first-order chi connectivity index (χ1) is 11.3. The van der Waals surface area contributed by atoms with Gasteiger partial charge in [0.15, 0.2) is 0 Å². The summed E-state index contributed by atoms with van der Waals surface area (Å²) in [4.78, 5) is 15.4. The third-order valence-corrected chi connectivity index (χ3v) is 6.22. The Morgan fingerprint density at radius 2 is 1.71 bits per heavy atom. The molecule has 0 spiro atoms. The number of rotatable bonds is 3. The molecule has 6 heteroatoms. The fourth-order valence-electron chi connectivity index (χ4n) is 2.53. The van der Waals surface area contributed by atoms with Crippen molar-refractivity contribution in [3.05, 3.63) is 68.9 Å². The van der Waals surface area contributed by atoms with Crippen LogP contribution in [0.25, 0.3) is 10.9 Å². The van der Waals surface area contributed by atoms with Gasteiger partial charge in [-0.2, -0.15) is 0 Å². The molecule has 3 aromatic rings. The Morgan fingerprint density at radius 3 is 2.33 bits per heavy atom. The van der Waals surface area contributed by atoms with Crippen LogP contribution >= 0.6 is 15.9 Å². The first-order valence-corrected chi connectivity index (χ1v) is 9.74. The molecule has 3 rings (SSSR count). The molecule has 0 saturated heterocycles. The lowest BCUT2D eigenvalue weighted by Crippen LogP contribution is -2.16. The van der Waals surface area contributed by atoms with Crippen molar-refractivity contribution in [3.63, 3.8) is 0 Å². The van der Waals surface area contributed by atoms with E-state index in [1.807, 2.05) is 13.8 Å². The topological polar surface area (TPSA) is 67.0 Å². The normalized spacial score (nSPS) is 12.0. The van der Waals surface area contributed by atoms with Crippen LogP contribution in [-0.4, -0.2) is 13.4 Å². The van der Waals surface area contributed by atoms with Crippen LogP contribution < -0.4 is 5.43 Å². The maximum absolute atomic E-state index is 12.8. The molecular formula is C18H16BrNO3S. The van der Waals surface area contributed by atoms with Crippen molar-refractivity contribution in [1.82, 2.24) is 4.98 Å². The average molecular weight is 406 g/mol. The van der Waals surface area contributed by atoms with Gasteiger partial charge in [0, 0.05) is 21.6 Å². The van der Waals surface area contributed by atoms with Gasteiger partial charge in [-0.3, -0.25) is 4.79 Å². The largest absolute Gasteiger partial charge is 0.360 e. The fourth-order valence-corrected chi connectivity index (χ4v) is 4.21. The van der Waals surface area contributed by atoms with Crippen LogP contribution in [0, 0.1) is 0 Å². The summed E-state index contributed by atoms with van der Waals surface area (Å²) >= 11 is 3.31. The Labute approximate surface area is 148 Å². The summed E-state index contributed by atoms with van der Waals surface area (Å²) in [5.74, 6) is 0.308. The minimum atomic E-state index is -3.88. The summed E-state index contributed by atoms with van der Waals surface area (Å²) in [6, 6.07) is 11.8. The molecule has 0 fully saturated rings. The Kier molecular flexibility index (Phi) is 4.36. The van der Waals surface area contributed by atoms with Crippen molar-refractivity contribution in [1.29, 1.82) is 0 Å². The maximum Gasteiger partial charge on any atom is 0.211 e. The third-order valence-electron chi connectivity index (χ3n) is 3.96. The Balaban J connectivity index is 2.18. The molecule has 0 unspecified atom stereocenters. The predicted molar refractivity (Wildman–Crippen MR) is 98.3 cm³/mol. The molecule has 0 bridgehead atoms. The number of hydrogen-bond acceptors (Lipinski definition) is 3. The van der Waals surface area contributed by atoms with Crippen LogP contribution in [0.3, 0.4) is 0 Å². The van der Waals surface area contributed by atoms with E-state index in [1.165, 1.54) is 6.20 Å². The second-order valence-electron chi connectivity index (χ2n) is 5.90. The number of hydrogen-bond donors (Lipinski definition) is 1. The second kappa shape index (κ2) is 6.18. The fraction of sp³-hybridized carbons (Fsp3) is 0.167. The van der Waals surface area contributed by atoms with Gasteiger partial charge in [-0.05, 0) is 41.8 Å². The van der Waals surface area contributed by atoms with Gasteiger partial charge >= 0.3 is 0 Å². The SMILES string of the molecule is CC(C)c1ccc(S(=O)(=O)c2c[nH]c3ccc(Br)cc3c2=O)cc1. The van der Waals surface area contributed by atoms with Crippen LogP contribution in [0.1, 0.15) is 25.3 Å². The lowest BCUT2D eigenvalue weighted by molar-refractivity contribution is 0.595. The van der Waals surface area contributed by atoms with Crippen molar-refractivity contribution in [3.8, 4) is 0 Å². The molecule has 4 nitrogen and oxygen atoms in total. The molecule has 124 valence electrons. The Hall–Kier alpha value is -1.92. The van der Waals surface area contributed by atoms with E-state index in [9.17, 15) is 13.2 Å². The Morgan fingerprint density at radius 1 is 1.04 bits per heavy atom. The van der Waals surface area contributed by atoms with Crippen LogP contribution in [0.5, 0.6) is 0 Å². The maximum atomic E-state index is 12.8. The number of halogens is 1. The molecule has 0 amide bonds. The molecule has 0 saturated carbocycles. The summed E-state index contributed by atoms with van der Waals surface area (Å²) in [5.41, 5.74) is 1.14. The average Bonchev–Trinajstić information content (AvgIpc) is 2.55. The van der Waals surface area contributed by atoms with Gasteiger partial charge in [0.25, 0.3) is 0 Å². The summed E-state index contributed by atoms with van der Waals surface area (Å²) < 4.78 is 26.4. The van der Waals surface area contributed by atoms with Crippen LogP contribution in [0.15, 0.2) is 67.7 Å². The molecule has 2 aromatic carbocycles. The van der Waals surface area contributed by atoms with E-state index >= 15 is 0 Å². The van der Waals surface area contributed by atoms with E-state index in [-0.39, 0.29) is 9.79 Å². The van der Waals surface area contributed by atoms with Gasteiger partial charge in [0.05, 0.1) is 4.90 Å². The van der Waals surface area contributed by atoms with Crippen molar-refractivity contribution >= 4 is 36.7 Å². The summed E-state index contributed by atoms with van der Waals surface area (Å²) in [5, 5.41) is 0.337. The number of pyridine rings is 1. The molecule has 24 heavy (non-hydrogen) atoms. The standard InChI is InChI=1S/C18H16BrNO3S/c1-11(2)12-3-6-14(7-4-12)24(22,23)17-10-20-16-8-5-13(19)9-15(16)18(17)21/h3-11H,1-2H3,(H,20,21). The zero-order valence-electron chi connectivity index (χ0n) is 13.2. The van der Waals surface area contributed by atoms with Gasteiger partial charge in [-0.1, -0.05) is 41.9 Å². The quantitative estimate of drug-likeness (QED) is 0.707. The second-order valence-corrected chi connectivity index (χ2v) is 8.73. The number of benzene rings is 2. The van der Waals surface area contributed by atoms with Crippen molar-refractivity contribution < 1.29 is 8.42 Å². The number of H-pyrrole nitrogens is 1. The molecule has 1 heterocycles. The van der Waals surface area contributed by atoms with E-state index < -0.39 is 15.3 Å². The van der Waals surface area contributed by atoms with Crippen molar-refractivity contribution in [2.75, 3.05) is 0 Å². The zero-order chi connectivity index (χ0) is 17.5. The highest BCUT2D eigenvalue weighted by molar-refractivity contribution is 9.10. The lowest BCUT2D eigenvalue weighted by atomic mass is 10.0. The van der Waals surface area contributed by atoms with E-state index in [0.29, 0.717) is 16.8 Å². The number of sulfone groups is 1. The summed E-state index contributed by atoms with van der Waals surface area (Å²) in [7, 11) is -3.88. The minimum Gasteiger partial charge on any atom is -0.360 e. The number of aromatic amines is 1. The molecule has 0 aliphatic carbocycles. The predicted octanol–water partition coefficient (Wildman–Crippen LogP) is 4.25. The van der Waals surface area contributed by atoms with E-state index in [4.69, 9.17) is 0 Å². The van der Waals surface area contributed by atoms with Gasteiger partial charge in [-0.25, -0.2) is 8.42 Å². The zero-order valence-corrected chi connectivity index (χ0v) is 15.6. The lowest BCUT2D eigenvalue weighted by Gasteiger charge is -2.08. The summed E-state index contributed by atoms with van der Waals surface area (Å²) in [6.45, 7) is 4.07. The van der Waals surface area contributed by atoms with Crippen LogP contribution in [0.4, 0.5) is 0 Å². The minimum absolute atomic E-state index is 0.117. The smallest absolute Gasteiger partial charge is 0.211 e. The highest BCUT2D eigenvalue weighted by Crippen LogP contribution is 2.23. The van der Waals surface area contributed by atoms with E-state index in [2.05, 4.69) is 20.9 Å². The Bertz CT molecular complexity index is 1070. The number of nitrogens with one attached hydrogen (secondary N) is 1. The van der Waals surface area contributed by atoms with Gasteiger partial charge in [0.2, 0.25) is 15.3 Å². The third kappa shape index (κ3) is 2.91. The van der Waals surface area contributed by atoms with Gasteiger partial charge in [-0.15, -0.1) is 0 Å². The molecule has 1 aromatic heterocycles. The van der Waals surface area contributed by atoms with E-state index in [0.717, 1.165) is 10.0 Å². The highest BCUT2D eigenvalue weighted by Gasteiger charge is 2.22. The van der Waals surface area contributed by atoms with Crippen LogP contribution in [-0.2, 0) is 9.84 Å². The van der Waals surface area contributed by atoms with Gasteiger partial charge < -0.3 is 4.98 Å². The molecular weight excluding hydrogens is 390 g/mol. The highest BCUT2D eigenvalue weighted by atomic mass is 79.9. The van der Waals surface area contributed by atoms with E-state index in [1.54, 1.807) is 42.5 Å².